The number of aryl methyl sites for hydroxylation is 1. The second-order valence-corrected chi connectivity index (χ2v) is 7.08. The van der Waals surface area contributed by atoms with E-state index in [4.69, 9.17) is 11.6 Å². The second-order valence-electron chi connectivity index (χ2n) is 6.68. The van der Waals surface area contributed by atoms with Crippen LogP contribution in [0.3, 0.4) is 0 Å². The molecule has 1 aliphatic carbocycles. The summed E-state index contributed by atoms with van der Waals surface area (Å²) in [6, 6.07) is 0. The highest BCUT2D eigenvalue weighted by atomic mass is 35.5. The Labute approximate surface area is 121 Å². The average Bonchev–Trinajstić information content (AvgIpc) is 2.59. The minimum absolute atomic E-state index is 0.188. The summed E-state index contributed by atoms with van der Waals surface area (Å²) in [5.74, 6) is 1.28. The van der Waals surface area contributed by atoms with Crippen LogP contribution < -0.4 is 5.32 Å². The van der Waals surface area contributed by atoms with Gasteiger partial charge in [-0.1, -0.05) is 18.5 Å². The molecule has 0 bridgehead atoms. The Bertz CT molecular complexity index is 420. The first-order chi connectivity index (χ1) is 8.92. The first kappa shape index (κ1) is 14.9. The van der Waals surface area contributed by atoms with Crippen molar-refractivity contribution in [3.63, 3.8) is 0 Å². The molecule has 1 N–H and O–H groups in total. The number of aromatic nitrogens is 2. The fraction of sp³-hybridized carbons (Fsp3) is 0.800. The standard InChI is InChI=1S/C15H26ClN3/c1-5-8-19-14(13(16)10-18-19)12-7-6-11(12)9-17-15(2,3)4/h10-12,17H,5-9H2,1-4H3. The van der Waals surface area contributed by atoms with Crippen LogP contribution in [0.15, 0.2) is 6.20 Å². The van der Waals surface area contributed by atoms with Gasteiger partial charge in [-0.2, -0.15) is 5.10 Å². The van der Waals surface area contributed by atoms with Crippen LogP contribution >= 0.6 is 11.6 Å². The normalized spacial score (nSPS) is 23.4. The van der Waals surface area contributed by atoms with E-state index in [2.05, 4.69) is 42.8 Å². The molecule has 1 aromatic heterocycles. The van der Waals surface area contributed by atoms with Gasteiger partial charge >= 0.3 is 0 Å². The van der Waals surface area contributed by atoms with Gasteiger partial charge in [0.15, 0.2) is 0 Å². The van der Waals surface area contributed by atoms with Crippen LogP contribution in [0.4, 0.5) is 0 Å². The van der Waals surface area contributed by atoms with E-state index in [0.717, 1.165) is 24.5 Å². The van der Waals surface area contributed by atoms with Gasteiger partial charge in [-0.05, 0) is 52.5 Å². The predicted molar refractivity (Wildman–Crippen MR) is 80.7 cm³/mol. The molecule has 1 aromatic rings. The van der Waals surface area contributed by atoms with Crippen molar-refractivity contribution >= 4 is 11.6 Å². The molecule has 1 aliphatic rings. The van der Waals surface area contributed by atoms with Crippen molar-refractivity contribution in [3.8, 4) is 0 Å². The maximum absolute atomic E-state index is 6.34. The monoisotopic (exact) mass is 283 g/mol. The Morgan fingerprint density at radius 3 is 2.68 bits per heavy atom. The van der Waals surface area contributed by atoms with Crippen molar-refractivity contribution in [3.05, 3.63) is 16.9 Å². The van der Waals surface area contributed by atoms with E-state index in [1.165, 1.54) is 18.5 Å². The third-order valence-corrected chi connectivity index (χ3v) is 4.22. The van der Waals surface area contributed by atoms with Gasteiger partial charge in [0, 0.05) is 18.0 Å². The highest BCUT2D eigenvalue weighted by Crippen LogP contribution is 2.44. The fourth-order valence-corrected chi connectivity index (χ4v) is 3.02. The van der Waals surface area contributed by atoms with Crippen LogP contribution in [-0.2, 0) is 6.54 Å². The quantitative estimate of drug-likeness (QED) is 0.890. The topological polar surface area (TPSA) is 29.9 Å². The van der Waals surface area contributed by atoms with Crippen LogP contribution in [0.2, 0.25) is 5.02 Å². The molecule has 0 aromatic carbocycles. The van der Waals surface area contributed by atoms with Crippen molar-refractivity contribution in [1.82, 2.24) is 15.1 Å². The molecule has 0 aliphatic heterocycles. The number of hydrogen-bond acceptors (Lipinski definition) is 2. The van der Waals surface area contributed by atoms with E-state index in [-0.39, 0.29) is 5.54 Å². The number of halogens is 1. The number of nitrogens with zero attached hydrogens (tertiary/aromatic N) is 2. The van der Waals surface area contributed by atoms with Crippen LogP contribution in [-0.4, -0.2) is 21.9 Å². The summed E-state index contributed by atoms with van der Waals surface area (Å²) in [5, 5.41) is 8.88. The third kappa shape index (κ3) is 3.51. The first-order valence-corrected chi connectivity index (χ1v) is 7.76. The lowest BCUT2D eigenvalue weighted by molar-refractivity contribution is 0.216. The third-order valence-electron chi connectivity index (χ3n) is 3.93. The summed E-state index contributed by atoms with van der Waals surface area (Å²) >= 11 is 6.34. The lowest BCUT2D eigenvalue weighted by Gasteiger charge is -2.39. The van der Waals surface area contributed by atoms with E-state index in [9.17, 15) is 0 Å². The minimum Gasteiger partial charge on any atom is -0.312 e. The maximum atomic E-state index is 6.34. The molecule has 0 spiro atoms. The van der Waals surface area contributed by atoms with Crippen LogP contribution in [0.5, 0.6) is 0 Å². The molecule has 2 rings (SSSR count). The van der Waals surface area contributed by atoms with Gasteiger partial charge in [0.2, 0.25) is 0 Å². The smallest absolute Gasteiger partial charge is 0.0820 e. The number of rotatable bonds is 5. The summed E-state index contributed by atoms with van der Waals surface area (Å²) in [6.45, 7) is 10.9. The Hall–Kier alpha value is -0.540. The van der Waals surface area contributed by atoms with E-state index < -0.39 is 0 Å². The zero-order chi connectivity index (χ0) is 14.0. The van der Waals surface area contributed by atoms with Gasteiger partial charge in [-0.15, -0.1) is 0 Å². The molecule has 1 saturated carbocycles. The zero-order valence-electron chi connectivity index (χ0n) is 12.5. The highest BCUT2D eigenvalue weighted by Gasteiger charge is 2.36. The molecule has 19 heavy (non-hydrogen) atoms. The predicted octanol–water partition coefficient (Wildman–Crippen LogP) is 3.83. The molecule has 2 unspecified atom stereocenters. The van der Waals surface area contributed by atoms with Crippen LogP contribution in [0, 0.1) is 5.92 Å². The van der Waals surface area contributed by atoms with Gasteiger partial charge in [-0.3, -0.25) is 4.68 Å². The number of hydrogen-bond donors (Lipinski definition) is 1. The van der Waals surface area contributed by atoms with Gasteiger partial charge in [0.05, 0.1) is 16.9 Å². The summed E-state index contributed by atoms with van der Waals surface area (Å²) in [5.41, 5.74) is 1.45. The highest BCUT2D eigenvalue weighted by molar-refractivity contribution is 6.31. The zero-order valence-corrected chi connectivity index (χ0v) is 13.3. The molecular weight excluding hydrogens is 258 g/mol. The van der Waals surface area contributed by atoms with Crippen LogP contribution in [0.1, 0.15) is 58.6 Å². The molecular formula is C15H26ClN3. The van der Waals surface area contributed by atoms with Crippen molar-refractivity contribution in [2.24, 2.45) is 5.92 Å². The van der Waals surface area contributed by atoms with Crippen molar-refractivity contribution in [2.75, 3.05) is 6.54 Å². The van der Waals surface area contributed by atoms with Gasteiger partial charge in [0.1, 0.15) is 0 Å². The van der Waals surface area contributed by atoms with E-state index >= 15 is 0 Å². The Balaban J connectivity index is 2.04. The molecule has 3 nitrogen and oxygen atoms in total. The molecule has 4 heteroatoms. The van der Waals surface area contributed by atoms with E-state index in [1.54, 1.807) is 6.20 Å². The lowest BCUT2D eigenvalue weighted by Crippen LogP contribution is -2.43. The molecule has 0 radical (unpaired) electrons. The lowest BCUT2D eigenvalue weighted by atomic mass is 9.71. The van der Waals surface area contributed by atoms with Crippen molar-refractivity contribution in [2.45, 2.75) is 65.0 Å². The molecule has 2 atom stereocenters. The first-order valence-electron chi connectivity index (χ1n) is 7.38. The van der Waals surface area contributed by atoms with Crippen molar-refractivity contribution < 1.29 is 0 Å². The van der Waals surface area contributed by atoms with Gasteiger partial charge in [0.25, 0.3) is 0 Å². The maximum Gasteiger partial charge on any atom is 0.0820 e. The second kappa shape index (κ2) is 5.84. The van der Waals surface area contributed by atoms with Gasteiger partial charge in [-0.25, -0.2) is 0 Å². The Morgan fingerprint density at radius 2 is 2.16 bits per heavy atom. The molecule has 0 saturated heterocycles. The van der Waals surface area contributed by atoms with E-state index in [1.807, 2.05) is 0 Å². The average molecular weight is 284 g/mol. The SMILES string of the molecule is CCCn1ncc(Cl)c1C1CCC1CNC(C)(C)C. The minimum atomic E-state index is 0.188. The van der Waals surface area contributed by atoms with E-state index in [0.29, 0.717) is 11.8 Å². The molecule has 108 valence electrons. The molecule has 1 heterocycles. The Morgan fingerprint density at radius 1 is 1.42 bits per heavy atom. The summed E-state index contributed by atoms with van der Waals surface area (Å²) < 4.78 is 2.11. The fourth-order valence-electron chi connectivity index (χ4n) is 2.74. The largest absolute Gasteiger partial charge is 0.312 e. The van der Waals surface area contributed by atoms with Crippen LogP contribution in [0.25, 0.3) is 0 Å². The summed E-state index contributed by atoms with van der Waals surface area (Å²) in [4.78, 5) is 0. The molecule has 0 amide bonds. The van der Waals surface area contributed by atoms with Crippen molar-refractivity contribution in [1.29, 1.82) is 0 Å². The number of nitrogens with one attached hydrogen (secondary N) is 1. The molecule has 1 fully saturated rings. The summed E-state index contributed by atoms with van der Waals surface area (Å²) in [7, 11) is 0. The Kier molecular flexibility index (Phi) is 4.57. The summed E-state index contributed by atoms with van der Waals surface area (Å²) in [6.07, 6.45) is 5.44. The van der Waals surface area contributed by atoms with Gasteiger partial charge < -0.3 is 5.32 Å².